The van der Waals surface area contributed by atoms with Gasteiger partial charge < -0.3 is 9.47 Å². The molecule has 4 heteroatoms. The first kappa shape index (κ1) is 9.03. The van der Waals surface area contributed by atoms with Crippen LogP contribution in [0.2, 0.25) is 0 Å². The van der Waals surface area contributed by atoms with Crippen molar-refractivity contribution in [1.29, 1.82) is 0 Å². The van der Waals surface area contributed by atoms with Crippen LogP contribution < -0.4 is 0 Å². The second-order valence-corrected chi connectivity index (χ2v) is 2.69. The van der Waals surface area contributed by atoms with Gasteiger partial charge in [-0.05, 0) is 6.42 Å². The molecule has 1 aliphatic rings. The zero-order valence-corrected chi connectivity index (χ0v) is 7.37. The van der Waals surface area contributed by atoms with Crippen molar-refractivity contribution in [3.05, 3.63) is 0 Å². The van der Waals surface area contributed by atoms with Gasteiger partial charge in [-0.1, -0.05) is 0 Å². The SMILES string of the molecule is COC(=O)C1CCN=C(OC)C1. The van der Waals surface area contributed by atoms with Gasteiger partial charge in [0.1, 0.15) is 0 Å². The summed E-state index contributed by atoms with van der Waals surface area (Å²) in [4.78, 5) is 15.2. The molecule has 0 bridgehead atoms. The van der Waals surface area contributed by atoms with Gasteiger partial charge in [-0.15, -0.1) is 0 Å². The van der Waals surface area contributed by atoms with Crippen molar-refractivity contribution in [2.75, 3.05) is 20.8 Å². The maximum Gasteiger partial charge on any atom is 0.309 e. The van der Waals surface area contributed by atoms with Crippen molar-refractivity contribution >= 4 is 11.9 Å². The topological polar surface area (TPSA) is 47.9 Å². The zero-order chi connectivity index (χ0) is 8.97. The molecule has 0 spiro atoms. The second-order valence-electron chi connectivity index (χ2n) is 2.69. The molecule has 0 radical (unpaired) electrons. The highest BCUT2D eigenvalue weighted by Gasteiger charge is 2.24. The number of hydrogen-bond donors (Lipinski definition) is 0. The van der Waals surface area contributed by atoms with Crippen LogP contribution in [-0.4, -0.2) is 32.6 Å². The summed E-state index contributed by atoms with van der Waals surface area (Å²) >= 11 is 0. The molecule has 0 N–H and O–H groups in total. The number of esters is 1. The minimum absolute atomic E-state index is 0.0672. The van der Waals surface area contributed by atoms with Gasteiger partial charge in [-0.25, -0.2) is 0 Å². The lowest BCUT2D eigenvalue weighted by Crippen LogP contribution is -2.25. The van der Waals surface area contributed by atoms with Crippen LogP contribution in [0.25, 0.3) is 0 Å². The Labute approximate surface area is 71.6 Å². The lowest BCUT2D eigenvalue weighted by molar-refractivity contribution is -0.145. The first-order chi connectivity index (χ1) is 5.77. The van der Waals surface area contributed by atoms with E-state index in [1.54, 1.807) is 7.11 Å². The lowest BCUT2D eigenvalue weighted by Gasteiger charge is -2.18. The van der Waals surface area contributed by atoms with Crippen LogP contribution in [0.4, 0.5) is 0 Å². The number of carbonyl (C=O) groups is 1. The Bertz CT molecular complexity index is 200. The second kappa shape index (κ2) is 4.09. The first-order valence-electron chi connectivity index (χ1n) is 3.93. The molecule has 1 atom stereocenters. The third-order valence-corrected chi connectivity index (χ3v) is 1.96. The van der Waals surface area contributed by atoms with Gasteiger partial charge in [0, 0.05) is 13.0 Å². The van der Waals surface area contributed by atoms with Crippen molar-refractivity contribution < 1.29 is 14.3 Å². The van der Waals surface area contributed by atoms with E-state index in [1.165, 1.54) is 7.11 Å². The van der Waals surface area contributed by atoms with Crippen molar-refractivity contribution in [1.82, 2.24) is 0 Å². The molecule has 1 rings (SSSR count). The average Bonchev–Trinajstić information content (AvgIpc) is 2.17. The third-order valence-electron chi connectivity index (χ3n) is 1.96. The molecule has 0 saturated carbocycles. The minimum Gasteiger partial charge on any atom is -0.484 e. The maximum absolute atomic E-state index is 11.1. The van der Waals surface area contributed by atoms with Crippen LogP contribution >= 0.6 is 0 Å². The van der Waals surface area contributed by atoms with Crippen LogP contribution in [0, 0.1) is 5.92 Å². The normalized spacial score (nSPS) is 22.8. The van der Waals surface area contributed by atoms with Crippen LogP contribution in [-0.2, 0) is 14.3 Å². The molecular weight excluding hydrogens is 158 g/mol. The highest BCUT2D eigenvalue weighted by Crippen LogP contribution is 2.16. The minimum atomic E-state index is -0.167. The van der Waals surface area contributed by atoms with E-state index in [9.17, 15) is 4.79 Å². The monoisotopic (exact) mass is 171 g/mol. The summed E-state index contributed by atoms with van der Waals surface area (Å²) in [5.74, 6) is 0.415. The van der Waals surface area contributed by atoms with E-state index in [1.807, 2.05) is 0 Å². The fourth-order valence-corrected chi connectivity index (χ4v) is 1.24. The Kier molecular flexibility index (Phi) is 3.08. The Balaban J connectivity index is 2.51. The van der Waals surface area contributed by atoms with Gasteiger partial charge in [-0.2, -0.15) is 0 Å². The molecule has 4 nitrogen and oxygen atoms in total. The van der Waals surface area contributed by atoms with Crippen LogP contribution in [0.1, 0.15) is 12.8 Å². The maximum atomic E-state index is 11.1. The van der Waals surface area contributed by atoms with Gasteiger partial charge in [0.25, 0.3) is 0 Å². The summed E-state index contributed by atoms with van der Waals surface area (Å²) < 4.78 is 9.59. The Morgan fingerprint density at radius 1 is 1.58 bits per heavy atom. The molecule has 0 aliphatic carbocycles. The van der Waals surface area contributed by atoms with Gasteiger partial charge in [0.15, 0.2) is 5.90 Å². The lowest BCUT2D eigenvalue weighted by atomic mass is 9.99. The van der Waals surface area contributed by atoms with E-state index in [0.717, 1.165) is 6.42 Å². The predicted molar refractivity (Wildman–Crippen MR) is 44.1 cm³/mol. The van der Waals surface area contributed by atoms with E-state index in [-0.39, 0.29) is 11.9 Å². The summed E-state index contributed by atoms with van der Waals surface area (Å²) in [5, 5.41) is 0. The number of hydrogen-bond acceptors (Lipinski definition) is 4. The molecule has 0 aromatic carbocycles. The molecule has 68 valence electrons. The average molecular weight is 171 g/mol. The van der Waals surface area contributed by atoms with Gasteiger partial charge >= 0.3 is 5.97 Å². The molecule has 0 aromatic rings. The summed E-state index contributed by atoms with van der Waals surface area (Å²) in [6.07, 6.45) is 1.34. The fourth-order valence-electron chi connectivity index (χ4n) is 1.24. The van der Waals surface area contributed by atoms with Crippen LogP contribution in [0.5, 0.6) is 0 Å². The molecule has 12 heavy (non-hydrogen) atoms. The Morgan fingerprint density at radius 2 is 2.33 bits per heavy atom. The van der Waals surface area contributed by atoms with Crippen molar-refractivity contribution in [3.8, 4) is 0 Å². The Morgan fingerprint density at radius 3 is 2.92 bits per heavy atom. The predicted octanol–water partition coefficient (Wildman–Crippen LogP) is 0.614. The van der Waals surface area contributed by atoms with E-state index in [0.29, 0.717) is 18.9 Å². The Hall–Kier alpha value is -1.06. The molecule has 0 saturated heterocycles. The molecule has 0 fully saturated rings. The van der Waals surface area contributed by atoms with Gasteiger partial charge in [0.2, 0.25) is 0 Å². The van der Waals surface area contributed by atoms with E-state index < -0.39 is 0 Å². The third kappa shape index (κ3) is 1.96. The number of nitrogens with zero attached hydrogens (tertiary/aromatic N) is 1. The standard InChI is InChI=1S/C8H13NO3/c1-11-7-5-6(3-4-9-7)8(10)12-2/h6H,3-5H2,1-2H3. The summed E-state index contributed by atoms with van der Waals surface area (Å²) in [6, 6.07) is 0. The first-order valence-corrected chi connectivity index (χ1v) is 3.93. The number of methoxy groups -OCH3 is 2. The van der Waals surface area contributed by atoms with Gasteiger partial charge in [0.05, 0.1) is 20.1 Å². The quantitative estimate of drug-likeness (QED) is 0.543. The molecule has 0 amide bonds. The number of rotatable bonds is 1. The van der Waals surface area contributed by atoms with Crippen molar-refractivity contribution in [2.24, 2.45) is 10.9 Å². The largest absolute Gasteiger partial charge is 0.484 e. The molecule has 1 unspecified atom stereocenters. The molecule has 1 heterocycles. The number of carbonyl (C=O) groups excluding carboxylic acids is 1. The molecule has 1 aliphatic heterocycles. The van der Waals surface area contributed by atoms with Gasteiger partial charge in [-0.3, -0.25) is 9.79 Å². The van der Waals surface area contributed by atoms with Crippen LogP contribution in [0.15, 0.2) is 4.99 Å². The van der Waals surface area contributed by atoms with E-state index in [4.69, 9.17) is 4.74 Å². The molecular formula is C8H13NO3. The van der Waals surface area contributed by atoms with Crippen LogP contribution in [0.3, 0.4) is 0 Å². The highest BCUT2D eigenvalue weighted by molar-refractivity contribution is 5.83. The summed E-state index contributed by atoms with van der Waals surface area (Å²) in [7, 11) is 2.97. The molecule has 0 aromatic heterocycles. The highest BCUT2D eigenvalue weighted by atomic mass is 16.5. The van der Waals surface area contributed by atoms with E-state index >= 15 is 0 Å². The van der Waals surface area contributed by atoms with Crippen molar-refractivity contribution in [3.63, 3.8) is 0 Å². The number of ether oxygens (including phenoxy) is 2. The number of aliphatic imine (C=N–C) groups is 1. The summed E-state index contributed by atoms with van der Waals surface area (Å²) in [6.45, 7) is 0.656. The smallest absolute Gasteiger partial charge is 0.309 e. The van der Waals surface area contributed by atoms with E-state index in [2.05, 4.69) is 9.73 Å². The fraction of sp³-hybridized carbons (Fsp3) is 0.750. The summed E-state index contributed by atoms with van der Waals surface area (Å²) in [5.41, 5.74) is 0. The zero-order valence-electron chi connectivity index (χ0n) is 7.37. The van der Waals surface area contributed by atoms with Crippen molar-refractivity contribution in [2.45, 2.75) is 12.8 Å².